The average Bonchev–Trinajstić information content (AvgIpc) is 2.93. The van der Waals surface area contributed by atoms with Gasteiger partial charge in [0.05, 0.1) is 0 Å². The highest BCUT2D eigenvalue weighted by molar-refractivity contribution is 5.85. The zero-order valence-corrected chi connectivity index (χ0v) is 14.3. The highest BCUT2D eigenvalue weighted by Crippen LogP contribution is 2.61. The van der Waals surface area contributed by atoms with E-state index in [4.69, 9.17) is 0 Å². The minimum absolute atomic E-state index is 0.192. The molecule has 0 spiro atoms. The van der Waals surface area contributed by atoms with E-state index in [1.807, 2.05) is 0 Å². The number of hydrogen-bond acceptors (Lipinski definition) is 2. The topological polar surface area (TPSA) is 20.3 Å². The van der Waals surface area contributed by atoms with Crippen LogP contribution in [0.3, 0.4) is 0 Å². The summed E-state index contributed by atoms with van der Waals surface area (Å²) in [5, 5.41) is 0. The molecule has 2 aliphatic carbocycles. The minimum Gasteiger partial charge on any atom is -0.299 e. The molecule has 4 rings (SSSR count). The van der Waals surface area contributed by atoms with E-state index in [1.165, 1.54) is 17.6 Å². The molecule has 23 heavy (non-hydrogen) atoms. The molecule has 1 heterocycles. The van der Waals surface area contributed by atoms with Gasteiger partial charge in [-0.15, -0.1) is 0 Å². The van der Waals surface area contributed by atoms with E-state index in [9.17, 15) is 4.79 Å². The number of likely N-dealkylation sites (tertiary alicyclic amines) is 1. The van der Waals surface area contributed by atoms with Gasteiger partial charge in [0.15, 0.2) is 0 Å². The van der Waals surface area contributed by atoms with Gasteiger partial charge < -0.3 is 0 Å². The fourth-order valence-corrected chi connectivity index (χ4v) is 5.64. The first-order valence-electron chi connectivity index (χ1n) is 8.96. The van der Waals surface area contributed by atoms with Gasteiger partial charge in [-0.05, 0) is 42.6 Å². The summed E-state index contributed by atoms with van der Waals surface area (Å²) in [5.41, 5.74) is 2.84. The first-order valence-corrected chi connectivity index (χ1v) is 8.96. The molecular formula is C21H27NO. The molecule has 0 bridgehead atoms. The van der Waals surface area contributed by atoms with Gasteiger partial charge in [-0.1, -0.05) is 49.4 Å². The molecule has 3 aliphatic rings. The van der Waals surface area contributed by atoms with Crippen molar-refractivity contribution in [1.82, 2.24) is 4.90 Å². The number of ketones is 1. The Labute approximate surface area is 139 Å². The highest BCUT2D eigenvalue weighted by Gasteiger charge is 2.63. The third-order valence-corrected chi connectivity index (χ3v) is 7.03. The number of nitrogens with zero attached hydrogens (tertiary/aromatic N) is 1. The SMILES string of the molecule is C=C(C)[C@H]1C[C@@H]2C(=O)C[C@@H]3CN(Cc4ccccc4)[C@H](C1)[C@@]32C. The predicted molar refractivity (Wildman–Crippen MR) is 92.9 cm³/mol. The Morgan fingerprint density at radius 2 is 2.04 bits per heavy atom. The summed E-state index contributed by atoms with van der Waals surface area (Å²) in [6, 6.07) is 11.3. The zero-order valence-electron chi connectivity index (χ0n) is 14.3. The quantitative estimate of drug-likeness (QED) is 0.785. The smallest absolute Gasteiger partial charge is 0.136 e. The number of carbonyl (C=O) groups excluding carboxylic acids is 1. The molecule has 1 aromatic rings. The largest absolute Gasteiger partial charge is 0.299 e. The van der Waals surface area contributed by atoms with E-state index in [1.54, 1.807) is 0 Å². The fourth-order valence-electron chi connectivity index (χ4n) is 5.64. The van der Waals surface area contributed by atoms with Gasteiger partial charge in [0, 0.05) is 31.5 Å². The highest BCUT2D eigenvalue weighted by atomic mass is 16.1. The summed E-state index contributed by atoms with van der Waals surface area (Å²) in [5.74, 6) is 1.85. The van der Waals surface area contributed by atoms with Crippen molar-refractivity contribution in [3.63, 3.8) is 0 Å². The number of Topliss-reactive ketones (excluding diaryl/α,β-unsaturated/α-hetero) is 1. The van der Waals surface area contributed by atoms with Gasteiger partial charge in [-0.2, -0.15) is 0 Å². The van der Waals surface area contributed by atoms with Crippen LogP contribution in [0.4, 0.5) is 0 Å². The van der Waals surface area contributed by atoms with E-state index < -0.39 is 0 Å². The lowest BCUT2D eigenvalue weighted by atomic mass is 9.61. The third kappa shape index (κ3) is 2.22. The Hall–Kier alpha value is -1.41. The van der Waals surface area contributed by atoms with Crippen LogP contribution < -0.4 is 0 Å². The molecule has 0 radical (unpaired) electrons. The van der Waals surface area contributed by atoms with Crippen LogP contribution in [-0.4, -0.2) is 23.3 Å². The molecule has 1 saturated heterocycles. The Bertz CT molecular complexity index is 637. The van der Waals surface area contributed by atoms with Gasteiger partial charge in [-0.3, -0.25) is 9.69 Å². The second kappa shape index (κ2) is 5.31. The number of rotatable bonds is 3. The van der Waals surface area contributed by atoms with Crippen LogP contribution in [0.15, 0.2) is 42.5 Å². The lowest BCUT2D eigenvalue weighted by Gasteiger charge is -2.46. The lowest BCUT2D eigenvalue weighted by Crippen LogP contribution is -2.48. The van der Waals surface area contributed by atoms with Crippen LogP contribution in [-0.2, 0) is 11.3 Å². The maximum absolute atomic E-state index is 12.6. The lowest BCUT2D eigenvalue weighted by molar-refractivity contribution is -0.125. The van der Waals surface area contributed by atoms with Crippen LogP contribution in [0.5, 0.6) is 0 Å². The molecule has 1 aliphatic heterocycles. The van der Waals surface area contributed by atoms with E-state index >= 15 is 0 Å². The molecule has 2 nitrogen and oxygen atoms in total. The standard InChI is InChI=1S/C21H27NO/c1-14(2)16-9-18-19(23)11-17-13-22(20(10-16)21(17,18)3)12-15-7-5-4-6-8-15/h4-8,16-18,20H,1,9-13H2,2-3H3/t16-,17+,18+,20+,21-/m0/s1. The Kier molecular flexibility index (Phi) is 3.49. The van der Waals surface area contributed by atoms with Crippen molar-refractivity contribution in [2.24, 2.45) is 23.2 Å². The molecule has 3 fully saturated rings. The monoisotopic (exact) mass is 309 g/mol. The number of carbonyl (C=O) groups is 1. The van der Waals surface area contributed by atoms with Crippen LogP contribution in [0, 0.1) is 23.2 Å². The van der Waals surface area contributed by atoms with Crippen molar-refractivity contribution in [1.29, 1.82) is 0 Å². The summed E-state index contributed by atoms with van der Waals surface area (Å²) < 4.78 is 0. The summed E-state index contributed by atoms with van der Waals surface area (Å²) in [4.78, 5) is 15.2. The van der Waals surface area contributed by atoms with E-state index in [0.717, 1.165) is 25.9 Å². The average molecular weight is 309 g/mol. The van der Waals surface area contributed by atoms with Crippen molar-refractivity contribution < 1.29 is 4.79 Å². The van der Waals surface area contributed by atoms with Gasteiger partial charge >= 0.3 is 0 Å². The Morgan fingerprint density at radius 3 is 2.74 bits per heavy atom. The molecular weight excluding hydrogens is 282 g/mol. The van der Waals surface area contributed by atoms with E-state index in [2.05, 4.69) is 55.7 Å². The van der Waals surface area contributed by atoms with Crippen molar-refractivity contribution in [2.45, 2.75) is 45.7 Å². The van der Waals surface area contributed by atoms with Crippen molar-refractivity contribution in [3.8, 4) is 0 Å². The molecule has 0 amide bonds. The molecule has 0 N–H and O–H groups in total. The first-order chi connectivity index (χ1) is 11.0. The zero-order chi connectivity index (χ0) is 16.2. The molecule has 0 unspecified atom stereocenters. The molecule has 5 atom stereocenters. The maximum Gasteiger partial charge on any atom is 0.136 e. The molecule has 2 heteroatoms. The Morgan fingerprint density at radius 1 is 1.30 bits per heavy atom. The molecule has 122 valence electrons. The van der Waals surface area contributed by atoms with Crippen molar-refractivity contribution in [2.75, 3.05) is 6.54 Å². The van der Waals surface area contributed by atoms with Crippen LogP contribution >= 0.6 is 0 Å². The van der Waals surface area contributed by atoms with Gasteiger partial charge in [0.2, 0.25) is 0 Å². The summed E-state index contributed by atoms with van der Waals surface area (Å²) in [6.45, 7) is 10.8. The fraction of sp³-hybridized carbons (Fsp3) is 0.571. The molecule has 1 aromatic carbocycles. The van der Waals surface area contributed by atoms with Gasteiger partial charge in [0.1, 0.15) is 5.78 Å². The van der Waals surface area contributed by atoms with Crippen LogP contribution in [0.25, 0.3) is 0 Å². The summed E-state index contributed by atoms with van der Waals surface area (Å²) in [7, 11) is 0. The summed E-state index contributed by atoms with van der Waals surface area (Å²) in [6.07, 6.45) is 3.02. The third-order valence-electron chi connectivity index (χ3n) is 7.03. The van der Waals surface area contributed by atoms with Gasteiger partial charge in [0.25, 0.3) is 0 Å². The van der Waals surface area contributed by atoms with E-state index in [0.29, 0.717) is 23.7 Å². The molecule has 2 saturated carbocycles. The number of hydrogen-bond donors (Lipinski definition) is 0. The molecule has 0 aromatic heterocycles. The second-order valence-electron chi connectivity index (χ2n) is 8.23. The van der Waals surface area contributed by atoms with Crippen molar-refractivity contribution in [3.05, 3.63) is 48.0 Å². The number of allylic oxidation sites excluding steroid dienone is 1. The van der Waals surface area contributed by atoms with Crippen molar-refractivity contribution >= 4 is 5.78 Å². The number of benzene rings is 1. The Balaban J connectivity index is 1.65. The first kappa shape index (κ1) is 15.1. The second-order valence-corrected chi connectivity index (χ2v) is 8.23. The van der Waals surface area contributed by atoms with Crippen LogP contribution in [0.1, 0.15) is 38.7 Å². The predicted octanol–water partition coefficient (Wildman–Crippen LogP) is 4.07. The minimum atomic E-state index is 0.192. The normalized spacial score (nSPS) is 39.5. The summed E-state index contributed by atoms with van der Waals surface area (Å²) >= 11 is 0. The van der Waals surface area contributed by atoms with Gasteiger partial charge in [-0.25, -0.2) is 0 Å². The van der Waals surface area contributed by atoms with Crippen LogP contribution in [0.2, 0.25) is 0 Å². The van der Waals surface area contributed by atoms with E-state index in [-0.39, 0.29) is 11.3 Å². The maximum atomic E-state index is 12.6.